The van der Waals surface area contributed by atoms with Crippen molar-refractivity contribution in [2.45, 2.75) is 0 Å². The van der Waals surface area contributed by atoms with Crippen LogP contribution in [0.2, 0.25) is 0 Å². The quantitative estimate of drug-likeness (QED) is 0.698. The van der Waals surface area contributed by atoms with Gasteiger partial charge >= 0.3 is 0 Å². The highest BCUT2D eigenvalue weighted by molar-refractivity contribution is 5.46. The lowest BCUT2D eigenvalue weighted by molar-refractivity contribution is 0.299. The molecule has 0 heterocycles. The first-order chi connectivity index (χ1) is 5.72. The summed E-state index contributed by atoms with van der Waals surface area (Å²) in [5.41, 5.74) is 0.753. The van der Waals surface area contributed by atoms with Gasteiger partial charge in [-0.2, -0.15) is 0 Å². The van der Waals surface area contributed by atoms with Crippen LogP contribution in [0.1, 0.15) is 0 Å². The zero-order valence-electron chi connectivity index (χ0n) is 6.80. The topological polar surface area (TPSA) is 21.3 Å². The van der Waals surface area contributed by atoms with Gasteiger partial charge in [-0.1, -0.05) is 0 Å². The number of hydrogen-bond acceptors (Lipinski definition) is 2. The Labute approximate surface area is 70.7 Å². The second kappa shape index (κ2) is 3.76. The average molecular weight is 167 g/mol. The van der Waals surface area contributed by atoms with Gasteiger partial charge in [0.2, 0.25) is 0 Å². The SMILES string of the molecule is C=C(Nc1ccc(F)cc1)OC. The van der Waals surface area contributed by atoms with Crippen LogP contribution in [-0.2, 0) is 4.74 Å². The molecule has 0 fully saturated rings. The summed E-state index contributed by atoms with van der Waals surface area (Å²) >= 11 is 0. The molecule has 3 heteroatoms. The van der Waals surface area contributed by atoms with Crippen molar-refractivity contribution in [1.82, 2.24) is 0 Å². The van der Waals surface area contributed by atoms with Crippen molar-refractivity contribution in [3.05, 3.63) is 42.5 Å². The molecule has 0 saturated carbocycles. The maximum atomic E-state index is 12.4. The Morgan fingerprint density at radius 1 is 1.42 bits per heavy atom. The number of anilines is 1. The first kappa shape index (κ1) is 8.59. The highest BCUT2D eigenvalue weighted by Gasteiger charge is 1.93. The molecule has 12 heavy (non-hydrogen) atoms. The van der Waals surface area contributed by atoms with Gasteiger partial charge < -0.3 is 10.1 Å². The summed E-state index contributed by atoms with van der Waals surface area (Å²) in [6.07, 6.45) is 0. The molecule has 0 radical (unpaired) electrons. The minimum Gasteiger partial charge on any atom is -0.483 e. The number of methoxy groups -OCH3 is 1. The summed E-state index contributed by atoms with van der Waals surface area (Å²) in [6, 6.07) is 5.95. The van der Waals surface area contributed by atoms with Gasteiger partial charge in [0.25, 0.3) is 0 Å². The zero-order valence-corrected chi connectivity index (χ0v) is 6.80. The first-order valence-corrected chi connectivity index (χ1v) is 3.48. The average Bonchev–Trinajstić information content (AvgIpc) is 2.09. The van der Waals surface area contributed by atoms with E-state index < -0.39 is 0 Å². The van der Waals surface area contributed by atoms with Crippen LogP contribution in [-0.4, -0.2) is 7.11 Å². The van der Waals surface area contributed by atoms with E-state index in [1.165, 1.54) is 19.2 Å². The van der Waals surface area contributed by atoms with E-state index in [2.05, 4.69) is 11.9 Å². The molecule has 1 aromatic carbocycles. The third kappa shape index (κ3) is 2.27. The second-order valence-corrected chi connectivity index (χ2v) is 2.26. The van der Waals surface area contributed by atoms with Gasteiger partial charge in [-0.05, 0) is 30.8 Å². The predicted octanol–water partition coefficient (Wildman–Crippen LogP) is 2.36. The summed E-state index contributed by atoms with van der Waals surface area (Å²) in [5.74, 6) is 0.171. The first-order valence-electron chi connectivity index (χ1n) is 3.48. The molecule has 0 amide bonds. The van der Waals surface area contributed by atoms with Gasteiger partial charge in [0.1, 0.15) is 5.82 Å². The Balaban J connectivity index is 2.64. The lowest BCUT2D eigenvalue weighted by Crippen LogP contribution is -1.99. The normalized spacial score (nSPS) is 9.17. The van der Waals surface area contributed by atoms with E-state index >= 15 is 0 Å². The van der Waals surface area contributed by atoms with Crippen LogP contribution < -0.4 is 5.32 Å². The van der Waals surface area contributed by atoms with E-state index in [1.54, 1.807) is 12.1 Å². The van der Waals surface area contributed by atoms with Crippen molar-refractivity contribution in [3.63, 3.8) is 0 Å². The van der Waals surface area contributed by atoms with Crippen molar-refractivity contribution in [2.24, 2.45) is 0 Å². The molecule has 0 bridgehead atoms. The van der Waals surface area contributed by atoms with Gasteiger partial charge in [0.05, 0.1) is 7.11 Å². The van der Waals surface area contributed by atoms with E-state index in [9.17, 15) is 4.39 Å². The van der Waals surface area contributed by atoms with E-state index in [4.69, 9.17) is 4.74 Å². The molecular formula is C9H10FNO. The Kier molecular flexibility index (Phi) is 2.69. The molecule has 1 N–H and O–H groups in total. The van der Waals surface area contributed by atoms with Crippen LogP contribution in [0, 0.1) is 5.82 Å². The van der Waals surface area contributed by atoms with Crippen LogP contribution in [0.5, 0.6) is 0 Å². The predicted molar refractivity (Wildman–Crippen MR) is 46.2 cm³/mol. The number of hydrogen-bond donors (Lipinski definition) is 1. The standard InChI is InChI=1S/C9H10FNO/c1-7(12-2)11-9-5-3-8(10)4-6-9/h3-6,11H,1H2,2H3. The van der Waals surface area contributed by atoms with Crippen LogP contribution in [0.4, 0.5) is 10.1 Å². The molecule has 1 aromatic rings. The van der Waals surface area contributed by atoms with Crippen LogP contribution in [0.25, 0.3) is 0 Å². The third-order valence-electron chi connectivity index (χ3n) is 1.37. The van der Waals surface area contributed by atoms with E-state index in [0.29, 0.717) is 5.88 Å². The van der Waals surface area contributed by atoms with Crippen LogP contribution in [0.3, 0.4) is 0 Å². The maximum absolute atomic E-state index is 12.4. The molecule has 1 rings (SSSR count). The summed E-state index contributed by atoms with van der Waals surface area (Å²) in [6.45, 7) is 3.56. The van der Waals surface area contributed by atoms with Gasteiger partial charge in [0, 0.05) is 5.69 Å². The van der Waals surface area contributed by atoms with Crippen LogP contribution >= 0.6 is 0 Å². The molecule has 0 aromatic heterocycles. The monoisotopic (exact) mass is 167 g/mol. The second-order valence-electron chi connectivity index (χ2n) is 2.26. The minimum atomic E-state index is -0.261. The Hall–Kier alpha value is -1.51. The highest BCUT2D eigenvalue weighted by Crippen LogP contribution is 2.10. The largest absolute Gasteiger partial charge is 0.483 e. The Bertz CT molecular complexity index is 268. The molecule has 0 aliphatic carbocycles. The van der Waals surface area contributed by atoms with Crippen molar-refractivity contribution in [3.8, 4) is 0 Å². The molecule has 0 saturated heterocycles. The molecule has 0 unspecified atom stereocenters. The Morgan fingerprint density at radius 2 is 2.00 bits per heavy atom. The van der Waals surface area contributed by atoms with Crippen molar-refractivity contribution >= 4 is 5.69 Å². The Morgan fingerprint density at radius 3 is 2.50 bits per heavy atom. The fraction of sp³-hybridized carbons (Fsp3) is 0.111. The number of ether oxygens (including phenoxy) is 1. The highest BCUT2D eigenvalue weighted by atomic mass is 19.1. The maximum Gasteiger partial charge on any atom is 0.183 e. The van der Waals surface area contributed by atoms with Crippen molar-refractivity contribution in [1.29, 1.82) is 0 Å². The van der Waals surface area contributed by atoms with Gasteiger partial charge in [-0.15, -0.1) is 0 Å². The molecule has 0 aliphatic heterocycles. The van der Waals surface area contributed by atoms with Gasteiger partial charge in [-0.25, -0.2) is 4.39 Å². The number of nitrogens with one attached hydrogen (secondary N) is 1. The molecule has 0 aliphatic rings. The number of benzene rings is 1. The summed E-state index contributed by atoms with van der Waals surface area (Å²) < 4.78 is 17.2. The lowest BCUT2D eigenvalue weighted by atomic mass is 10.3. The fourth-order valence-electron chi connectivity index (χ4n) is 0.745. The molecular weight excluding hydrogens is 157 g/mol. The van der Waals surface area contributed by atoms with Crippen molar-refractivity contribution < 1.29 is 9.13 Å². The smallest absolute Gasteiger partial charge is 0.183 e. The van der Waals surface area contributed by atoms with E-state index in [0.717, 1.165) is 5.69 Å². The van der Waals surface area contributed by atoms with E-state index in [-0.39, 0.29) is 5.82 Å². The number of rotatable bonds is 3. The van der Waals surface area contributed by atoms with Gasteiger partial charge in [-0.3, -0.25) is 0 Å². The van der Waals surface area contributed by atoms with Crippen molar-refractivity contribution in [2.75, 3.05) is 12.4 Å². The number of halogens is 1. The molecule has 0 spiro atoms. The summed E-state index contributed by atoms with van der Waals surface area (Å²) in [7, 11) is 1.51. The summed E-state index contributed by atoms with van der Waals surface area (Å²) in [5, 5.41) is 2.84. The lowest BCUT2D eigenvalue weighted by Gasteiger charge is -2.06. The third-order valence-corrected chi connectivity index (χ3v) is 1.37. The minimum absolute atomic E-state index is 0.261. The molecule has 0 atom stereocenters. The summed E-state index contributed by atoms with van der Waals surface area (Å²) in [4.78, 5) is 0. The van der Waals surface area contributed by atoms with E-state index in [1.807, 2.05) is 0 Å². The van der Waals surface area contributed by atoms with Crippen LogP contribution in [0.15, 0.2) is 36.7 Å². The molecule has 64 valence electrons. The molecule has 2 nitrogen and oxygen atoms in total. The zero-order chi connectivity index (χ0) is 8.97. The van der Waals surface area contributed by atoms with Gasteiger partial charge in [0.15, 0.2) is 5.88 Å². The fourth-order valence-corrected chi connectivity index (χ4v) is 0.745.